The van der Waals surface area contributed by atoms with Crippen LogP contribution in [0.5, 0.6) is 0 Å². The van der Waals surface area contributed by atoms with Gasteiger partial charge in [-0.1, -0.05) is 15.9 Å². The molecule has 0 unspecified atom stereocenters. The van der Waals surface area contributed by atoms with E-state index in [1.807, 2.05) is 39.0 Å². The minimum atomic E-state index is -0.357. The summed E-state index contributed by atoms with van der Waals surface area (Å²) in [4.78, 5) is 27.3. The number of H-pyrrole nitrogens is 1. The van der Waals surface area contributed by atoms with E-state index in [0.29, 0.717) is 25.1 Å². The lowest BCUT2D eigenvalue weighted by molar-refractivity contribution is -0.116. The average Bonchev–Trinajstić information content (AvgIpc) is 2.83. The lowest BCUT2D eigenvalue weighted by Crippen LogP contribution is -2.13. The van der Waals surface area contributed by atoms with Crippen LogP contribution < -0.4 is 5.32 Å². The highest BCUT2D eigenvalue weighted by molar-refractivity contribution is 9.10. The van der Waals surface area contributed by atoms with E-state index in [9.17, 15) is 9.59 Å². The Hall–Kier alpha value is -2.08. The Morgan fingerprint density at radius 3 is 2.60 bits per heavy atom. The molecule has 2 N–H and O–H groups in total. The van der Waals surface area contributed by atoms with E-state index in [-0.39, 0.29) is 11.9 Å². The topological polar surface area (TPSA) is 71.2 Å². The summed E-state index contributed by atoms with van der Waals surface area (Å²) in [5.41, 5.74) is 5.02. The molecule has 2 rings (SSSR count). The molecule has 0 saturated heterocycles. The van der Waals surface area contributed by atoms with Crippen LogP contribution in [0.25, 0.3) is 0 Å². The Morgan fingerprint density at radius 2 is 1.96 bits per heavy atom. The van der Waals surface area contributed by atoms with Gasteiger partial charge in [-0.3, -0.25) is 4.79 Å². The molecule has 1 aromatic heterocycles. The smallest absolute Gasteiger partial charge is 0.355 e. The monoisotopic (exact) mass is 406 g/mol. The first-order valence-corrected chi connectivity index (χ1v) is 9.04. The van der Waals surface area contributed by atoms with Gasteiger partial charge in [-0.25, -0.2) is 4.79 Å². The number of aryl methyl sites for hydroxylation is 2. The molecule has 134 valence electrons. The van der Waals surface area contributed by atoms with Crippen molar-refractivity contribution in [3.8, 4) is 0 Å². The predicted octanol–water partition coefficient (Wildman–Crippen LogP) is 4.45. The Kier molecular flexibility index (Phi) is 6.42. The number of anilines is 1. The summed E-state index contributed by atoms with van der Waals surface area (Å²) in [7, 11) is 0. The van der Waals surface area contributed by atoms with E-state index >= 15 is 0 Å². The molecule has 0 radical (unpaired) electrons. The van der Waals surface area contributed by atoms with Crippen molar-refractivity contribution in [3.05, 3.63) is 50.8 Å². The number of benzene rings is 1. The lowest BCUT2D eigenvalue weighted by atomic mass is 10.0. The SMILES string of the molecule is CCOC(=O)c1[nH]c(C)c(CCC(=O)Nc2ccc(Br)cc2C)c1C. The summed E-state index contributed by atoms with van der Waals surface area (Å²) in [5.74, 6) is -0.410. The van der Waals surface area contributed by atoms with Gasteiger partial charge in [-0.05, 0) is 69.0 Å². The van der Waals surface area contributed by atoms with E-state index in [0.717, 1.165) is 32.5 Å². The number of carbonyl (C=O) groups excluding carboxylic acids is 2. The molecule has 0 saturated carbocycles. The summed E-state index contributed by atoms with van der Waals surface area (Å²) in [5, 5.41) is 2.93. The maximum atomic E-state index is 12.3. The number of nitrogens with one attached hydrogen (secondary N) is 2. The summed E-state index contributed by atoms with van der Waals surface area (Å²) in [6.45, 7) is 7.84. The van der Waals surface area contributed by atoms with Crippen LogP contribution in [0.2, 0.25) is 0 Å². The van der Waals surface area contributed by atoms with Crippen LogP contribution >= 0.6 is 15.9 Å². The number of aromatic amines is 1. The molecule has 0 bridgehead atoms. The molecule has 0 spiro atoms. The van der Waals surface area contributed by atoms with Gasteiger partial charge in [-0.15, -0.1) is 0 Å². The van der Waals surface area contributed by atoms with Crippen molar-refractivity contribution >= 4 is 33.5 Å². The average molecular weight is 407 g/mol. The first-order valence-electron chi connectivity index (χ1n) is 8.24. The molecule has 1 aromatic carbocycles. The molecule has 2 aromatic rings. The largest absolute Gasteiger partial charge is 0.461 e. The molecule has 1 heterocycles. The standard InChI is InChI=1S/C19H23BrN2O3/c1-5-25-19(24)18-12(3)15(13(4)21-18)7-9-17(23)22-16-8-6-14(20)10-11(16)2/h6,8,10,21H,5,7,9H2,1-4H3,(H,22,23). The van der Waals surface area contributed by atoms with Gasteiger partial charge in [0.1, 0.15) is 5.69 Å². The minimum Gasteiger partial charge on any atom is -0.461 e. The number of rotatable bonds is 6. The fourth-order valence-corrected chi connectivity index (χ4v) is 3.27. The van der Waals surface area contributed by atoms with E-state index < -0.39 is 0 Å². The molecule has 0 aliphatic heterocycles. The molecule has 25 heavy (non-hydrogen) atoms. The first kappa shape index (κ1) is 19.2. The second kappa shape index (κ2) is 8.34. The van der Waals surface area contributed by atoms with E-state index in [4.69, 9.17) is 4.74 Å². The van der Waals surface area contributed by atoms with Crippen LogP contribution in [0.4, 0.5) is 5.69 Å². The zero-order chi connectivity index (χ0) is 18.6. The zero-order valence-corrected chi connectivity index (χ0v) is 16.5. The fraction of sp³-hybridized carbons (Fsp3) is 0.368. The molecule has 1 amide bonds. The van der Waals surface area contributed by atoms with Crippen molar-refractivity contribution in [2.45, 2.75) is 40.5 Å². The van der Waals surface area contributed by atoms with Crippen molar-refractivity contribution in [1.29, 1.82) is 0 Å². The third-order valence-electron chi connectivity index (χ3n) is 4.14. The summed E-state index contributed by atoms with van der Waals surface area (Å²) in [6, 6.07) is 5.74. The molecule has 0 atom stereocenters. The Bertz CT molecular complexity index is 796. The van der Waals surface area contributed by atoms with Crippen LogP contribution in [0.15, 0.2) is 22.7 Å². The van der Waals surface area contributed by atoms with Gasteiger partial charge in [0.25, 0.3) is 0 Å². The number of ether oxygens (including phenoxy) is 1. The highest BCUT2D eigenvalue weighted by atomic mass is 79.9. The predicted molar refractivity (Wildman–Crippen MR) is 102 cm³/mol. The Labute approximate surface area is 156 Å². The van der Waals surface area contributed by atoms with Gasteiger partial charge in [0.15, 0.2) is 0 Å². The molecular weight excluding hydrogens is 384 g/mol. The third-order valence-corrected chi connectivity index (χ3v) is 4.63. The van der Waals surface area contributed by atoms with Gasteiger partial charge in [0.05, 0.1) is 6.61 Å². The van der Waals surface area contributed by atoms with Gasteiger partial charge >= 0.3 is 5.97 Å². The molecule has 0 aliphatic carbocycles. The normalized spacial score (nSPS) is 10.6. The Morgan fingerprint density at radius 1 is 1.24 bits per heavy atom. The van der Waals surface area contributed by atoms with Crippen LogP contribution in [0, 0.1) is 20.8 Å². The second-order valence-corrected chi connectivity index (χ2v) is 6.87. The summed E-state index contributed by atoms with van der Waals surface area (Å²) in [6.07, 6.45) is 0.909. The van der Waals surface area contributed by atoms with Crippen LogP contribution in [0.3, 0.4) is 0 Å². The van der Waals surface area contributed by atoms with Gasteiger partial charge in [-0.2, -0.15) is 0 Å². The highest BCUT2D eigenvalue weighted by Gasteiger charge is 2.18. The molecular formula is C19H23BrN2O3. The van der Waals surface area contributed by atoms with E-state index in [1.54, 1.807) is 6.92 Å². The quantitative estimate of drug-likeness (QED) is 0.695. The number of esters is 1. The van der Waals surface area contributed by atoms with Crippen LogP contribution in [-0.4, -0.2) is 23.5 Å². The number of carbonyl (C=O) groups is 2. The molecule has 0 fully saturated rings. The second-order valence-electron chi connectivity index (χ2n) is 5.96. The van der Waals surface area contributed by atoms with E-state index in [2.05, 4.69) is 26.2 Å². The first-order chi connectivity index (χ1) is 11.8. The molecule has 5 nitrogen and oxygen atoms in total. The maximum absolute atomic E-state index is 12.3. The lowest BCUT2D eigenvalue weighted by Gasteiger charge is -2.09. The van der Waals surface area contributed by atoms with Crippen molar-refractivity contribution in [2.24, 2.45) is 0 Å². The number of hydrogen-bond acceptors (Lipinski definition) is 3. The Balaban J connectivity index is 2.03. The summed E-state index contributed by atoms with van der Waals surface area (Å²) >= 11 is 3.41. The maximum Gasteiger partial charge on any atom is 0.355 e. The van der Waals surface area contributed by atoms with Crippen LogP contribution in [0.1, 0.15) is 46.2 Å². The minimum absolute atomic E-state index is 0.0527. The zero-order valence-electron chi connectivity index (χ0n) is 15.0. The summed E-state index contributed by atoms with van der Waals surface area (Å²) < 4.78 is 6.03. The fourth-order valence-electron chi connectivity index (χ4n) is 2.79. The highest BCUT2D eigenvalue weighted by Crippen LogP contribution is 2.22. The third kappa shape index (κ3) is 4.72. The number of halogens is 1. The van der Waals surface area contributed by atoms with Gasteiger partial charge in [0, 0.05) is 22.3 Å². The molecule has 6 heteroatoms. The van der Waals surface area contributed by atoms with E-state index in [1.165, 1.54) is 0 Å². The number of hydrogen-bond donors (Lipinski definition) is 2. The van der Waals surface area contributed by atoms with Gasteiger partial charge in [0.2, 0.25) is 5.91 Å². The molecule has 0 aliphatic rings. The van der Waals surface area contributed by atoms with Crippen molar-refractivity contribution in [2.75, 3.05) is 11.9 Å². The van der Waals surface area contributed by atoms with Crippen molar-refractivity contribution in [1.82, 2.24) is 4.98 Å². The number of amides is 1. The van der Waals surface area contributed by atoms with Gasteiger partial charge < -0.3 is 15.0 Å². The van der Waals surface area contributed by atoms with Crippen molar-refractivity contribution in [3.63, 3.8) is 0 Å². The van der Waals surface area contributed by atoms with Crippen molar-refractivity contribution < 1.29 is 14.3 Å². The van der Waals surface area contributed by atoms with Crippen LogP contribution in [-0.2, 0) is 16.0 Å². The number of aromatic nitrogens is 1.